The minimum atomic E-state index is -4.61. The highest BCUT2D eigenvalue weighted by Crippen LogP contribution is 2.31. The molecule has 3 aromatic rings. The molecule has 0 saturated heterocycles. The van der Waals surface area contributed by atoms with Gasteiger partial charge in [0.1, 0.15) is 11.5 Å². The zero-order valence-corrected chi connectivity index (χ0v) is 15.6. The van der Waals surface area contributed by atoms with Crippen LogP contribution in [0.3, 0.4) is 0 Å². The summed E-state index contributed by atoms with van der Waals surface area (Å²) in [5.74, 6) is -0.525. The van der Waals surface area contributed by atoms with Gasteiger partial charge in [-0.1, -0.05) is 13.8 Å². The molecule has 0 fully saturated rings. The van der Waals surface area contributed by atoms with Gasteiger partial charge in [0.15, 0.2) is 12.1 Å². The van der Waals surface area contributed by atoms with E-state index in [-0.39, 0.29) is 17.7 Å². The standard InChI is InChI=1S/C18H13F4N3O.C2H6/c1-11-4-16(10-26)24-25(11)17-8-12(2-3-23-17)5-13-6-14(18(20,21)22)9-15(19)7-13;1-2/h2-4,6-10H,5H2,1H3;1-2H3. The van der Waals surface area contributed by atoms with E-state index in [2.05, 4.69) is 10.1 Å². The van der Waals surface area contributed by atoms with E-state index >= 15 is 0 Å². The summed E-state index contributed by atoms with van der Waals surface area (Å²) in [5, 5.41) is 4.08. The second kappa shape index (κ2) is 8.77. The third kappa shape index (κ3) is 5.03. The number of nitrogens with zero attached hydrogens (tertiary/aromatic N) is 3. The van der Waals surface area contributed by atoms with E-state index in [0.29, 0.717) is 29.4 Å². The fraction of sp³-hybridized carbons (Fsp3) is 0.250. The summed E-state index contributed by atoms with van der Waals surface area (Å²) in [5.41, 5.74) is 0.730. The Bertz CT molecular complexity index is 964. The molecule has 3 rings (SSSR count). The lowest BCUT2D eigenvalue weighted by atomic mass is 10.0. The normalized spacial score (nSPS) is 11.0. The molecule has 148 valence electrons. The first kappa shape index (κ1) is 21.3. The maximum atomic E-state index is 13.5. The monoisotopic (exact) mass is 393 g/mol. The molecule has 2 heterocycles. The molecular weight excluding hydrogens is 374 g/mol. The zero-order chi connectivity index (χ0) is 20.9. The van der Waals surface area contributed by atoms with Crippen molar-refractivity contribution in [2.45, 2.75) is 33.4 Å². The molecular formula is C20H19F4N3O. The van der Waals surface area contributed by atoms with E-state index < -0.39 is 17.6 Å². The molecule has 8 heteroatoms. The molecule has 2 aromatic heterocycles. The van der Waals surface area contributed by atoms with Crippen LogP contribution >= 0.6 is 0 Å². The van der Waals surface area contributed by atoms with E-state index in [4.69, 9.17) is 0 Å². The molecule has 0 unspecified atom stereocenters. The van der Waals surface area contributed by atoms with Crippen LogP contribution in [0.1, 0.15) is 46.7 Å². The Balaban J connectivity index is 0.00000136. The van der Waals surface area contributed by atoms with Crippen LogP contribution in [0.2, 0.25) is 0 Å². The molecule has 0 saturated carbocycles. The lowest BCUT2D eigenvalue weighted by Gasteiger charge is -2.10. The van der Waals surface area contributed by atoms with Gasteiger partial charge in [-0.2, -0.15) is 18.3 Å². The summed E-state index contributed by atoms with van der Waals surface area (Å²) in [4.78, 5) is 15.0. The quantitative estimate of drug-likeness (QED) is 0.454. The Morgan fingerprint density at radius 3 is 2.39 bits per heavy atom. The van der Waals surface area contributed by atoms with Crippen molar-refractivity contribution < 1.29 is 22.4 Å². The van der Waals surface area contributed by atoms with Gasteiger partial charge in [-0.15, -0.1) is 0 Å². The fourth-order valence-electron chi connectivity index (χ4n) is 2.63. The van der Waals surface area contributed by atoms with Crippen LogP contribution < -0.4 is 0 Å². The molecule has 0 aliphatic carbocycles. The Labute approximate surface area is 159 Å². The van der Waals surface area contributed by atoms with Gasteiger partial charge < -0.3 is 0 Å². The second-order valence-corrected chi connectivity index (χ2v) is 5.79. The van der Waals surface area contributed by atoms with Crippen molar-refractivity contribution in [1.82, 2.24) is 14.8 Å². The number of rotatable bonds is 4. The largest absolute Gasteiger partial charge is 0.416 e. The SMILES string of the molecule is CC.Cc1cc(C=O)nn1-c1cc(Cc2cc(F)cc(C(F)(F)F)c2)ccn1. The van der Waals surface area contributed by atoms with Crippen LogP contribution in [-0.4, -0.2) is 21.1 Å². The van der Waals surface area contributed by atoms with Gasteiger partial charge in [0.25, 0.3) is 0 Å². The summed E-state index contributed by atoms with van der Waals surface area (Å²) >= 11 is 0. The number of alkyl halides is 3. The van der Waals surface area contributed by atoms with Crippen LogP contribution in [0.25, 0.3) is 5.82 Å². The highest BCUT2D eigenvalue weighted by molar-refractivity contribution is 5.71. The van der Waals surface area contributed by atoms with Crippen LogP contribution in [0.4, 0.5) is 17.6 Å². The highest BCUT2D eigenvalue weighted by Gasteiger charge is 2.31. The van der Waals surface area contributed by atoms with E-state index in [1.807, 2.05) is 13.8 Å². The summed E-state index contributed by atoms with van der Waals surface area (Å²) in [6, 6.07) is 7.30. The average Bonchev–Trinajstić information content (AvgIpc) is 3.03. The van der Waals surface area contributed by atoms with E-state index in [9.17, 15) is 22.4 Å². The third-order valence-electron chi connectivity index (χ3n) is 3.75. The van der Waals surface area contributed by atoms with Crippen molar-refractivity contribution in [2.24, 2.45) is 0 Å². The number of carbonyl (C=O) groups excluding carboxylic acids is 1. The first-order valence-electron chi connectivity index (χ1n) is 8.60. The molecule has 0 amide bonds. The van der Waals surface area contributed by atoms with Gasteiger partial charge in [-0.05, 0) is 60.9 Å². The van der Waals surface area contributed by atoms with Crippen molar-refractivity contribution in [3.8, 4) is 5.82 Å². The lowest BCUT2D eigenvalue weighted by Crippen LogP contribution is -2.07. The molecule has 0 aliphatic rings. The van der Waals surface area contributed by atoms with Crippen LogP contribution in [0.5, 0.6) is 0 Å². The number of hydrogen-bond donors (Lipinski definition) is 0. The number of pyridine rings is 1. The van der Waals surface area contributed by atoms with Gasteiger partial charge >= 0.3 is 6.18 Å². The van der Waals surface area contributed by atoms with Gasteiger partial charge in [0.05, 0.1) is 5.56 Å². The number of aromatic nitrogens is 3. The molecule has 0 aliphatic heterocycles. The molecule has 0 radical (unpaired) electrons. The smallest absolute Gasteiger partial charge is 0.296 e. The van der Waals surface area contributed by atoms with Crippen molar-refractivity contribution in [1.29, 1.82) is 0 Å². The van der Waals surface area contributed by atoms with Crippen molar-refractivity contribution in [2.75, 3.05) is 0 Å². The summed E-state index contributed by atoms with van der Waals surface area (Å²) in [6.45, 7) is 5.75. The van der Waals surface area contributed by atoms with Crippen molar-refractivity contribution >= 4 is 6.29 Å². The van der Waals surface area contributed by atoms with E-state index in [1.54, 1.807) is 25.1 Å². The van der Waals surface area contributed by atoms with Crippen molar-refractivity contribution in [3.05, 3.63) is 76.5 Å². The summed E-state index contributed by atoms with van der Waals surface area (Å²) < 4.78 is 53.5. The molecule has 1 aromatic carbocycles. The van der Waals surface area contributed by atoms with E-state index in [1.165, 1.54) is 10.9 Å². The number of aldehydes is 1. The molecule has 0 spiro atoms. The number of aryl methyl sites for hydroxylation is 1. The van der Waals surface area contributed by atoms with Crippen LogP contribution in [-0.2, 0) is 12.6 Å². The summed E-state index contributed by atoms with van der Waals surface area (Å²) in [6.07, 6.45) is -2.43. The third-order valence-corrected chi connectivity index (χ3v) is 3.75. The number of halogens is 4. The second-order valence-electron chi connectivity index (χ2n) is 5.79. The molecule has 0 atom stereocenters. The first-order valence-corrected chi connectivity index (χ1v) is 8.60. The van der Waals surface area contributed by atoms with Crippen molar-refractivity contribution in [3.63, 3.8) is 0 Å². The average molecular weight is 393 g/mol. The Hall–Kier alpha value is -3.03. The first-order chi connectivity index (χ1) is 13.3. The van der Waals surface area contributed by atoms with Gasteiger partial charge in [-0.3, -0.25) is 4.79 Å². The summed E-state index contributed by atoms with van der Waals surface area (Å²) in [7, 11) is 0. The lowest BCUT2D eigenvalue weighted by molar-refractivity contribution is -0.137. The maximum absolute atomic E-state index is 13.5. The molecule has 28 heavy (non-hydrogen) atoms. The Morgan fingerprint density at radius 2 is 1.79 bits per heavy atom. The maximum Gasteiger partial charge on any atom is 0.416 e. The minimum absolute atomic E-state index is 0.0945. The zero-order valence-electron chi connectivity index (χ0n) is 15.6. The van der Waals surface area contributed by atoms with E-state index in [0.717, 1.165) is 12.1 Å². The van der Waals surface area contributed by atoms with Gasteiger partial charge in [0, 0.05) is 11.9 Å². The number of carbonyl (C=O) groups is 1. The predicted octanol–water partition coefficient (Wildman–Crippen LogP) is 5.16. The van der Waals surface area contributed by atoms with Gasteiger partial charge in [-0.25, -0.2) is 14.1 Å². The molecule has 4 nitrogen and oxygen atoms in total. The Kier molecular flexibility index (Phi) is 6.66. The Morgan fingerprint density at radius 1 is 1.07 bits per heavy atom. The van der Waals surface area contributed by atoms with Gasteiger partial charge in [0.2, 0.25) is 0 Å². The molecule has 0 N–H and O–H groups in total. The topological polar surface area (TPSA) is 47.8 Å². The van der Waals surface area contributed by atoms with Crippen LogP contribution in [0.15, 0.2) is 42.6 Å². The molecule has 0 bridgehead atoms. The van der Waals surface area contributed by atoms with Crippen LogP contribution in [0, 0.1) is 12.7 Å². The minimum Gasteiger partial charge on any atom is -0.296 e. The predicted molar refractivity (Wildman–Crippen MR) is 97.0 cm³/mol. The number of hydrogen-bond acceptors (Lipinski definition) is 3. The highest BCUT2D eigenvalue weighted by atomic mass is 19.4. The fourth-order valence-corrected chi connectivity index (χ4v) is 2.63. The number of benzene rings is 1.